The lowest BCUT2D eigenvalue weighted by atomic mass is 10.2. The second kappa shape index (κ2) is 9.66. The number of rotatable bonds is 7. The second-order valence-electron chi connectivity index (χ2n) is 6.02. The largest absolute Gasteiger partial charge is 0.495 e. The van der Waals surface area contributed by atoms with Crippen LogP contribution in [0.4, 0.5) is 11.4 Å². The van der Waals surface area contributed by atoms with Crippen LogP contribution in [0.2, 0.25) is 0 Å². The highest BCUT2D eigenvalue weighted by molar-refractivity contribution is 8.38. The van der Waals surface area contributed by atoms with Crippen molar-refractivity contribution in [3.8, 4) is 5.75 Å². The minimum Gasteiger partial charge on any atom is -0.495 e. The quantitative estimate of drug-likeness (QED) is 0.747. The number of anilines is 1. The summed E-state index contributed by atoms with van der Waals surface area (Å²) in [6.45, 7) is 0.206. The van der Waals surface area contributed by atoms with E-state index in [2.05, 4.69) is 11.1 Å². The van der Waals surface area contributed by atoms with Crippen molar-refractivity contribution in [1.82, 2.24) is 0 Å². The zero-order valence-electron chi connectivity index (χ0n) is 15.5. The molecule has 0 saturated carbocycles. The van der Waals surface area contributed by atoms with Crippen LogP contribution in [-0.4, -0.2) is 35.6 Å². The molecule has 1 heterocycles. The van der Waals surface area contributed by atoms with Crippen molar-refractivity contribution in [2.45, 2.75) is 12.2 Å². The third kappa shape index (κ3) is 5.08. The van der Waals surface area contributed by atoms with Gasteiger partial charge in [0.1, 0.15) is 10.1 Å². The number of aliphatic imine (C=N–C) groups is 1. The molecule has 146 valence electrons. The van der Waals surface area contributed by atoms with E-state index in [0.717, 1.165) is 15.8 Å². The van der Waals surface area contributed by atoms with Gasteiger partial charge < -0.3 is 15.4 Å². The van der Waals surface area contributed by atoms with Crippen LogP contribution in [0, 0.1) is 0 Å². The summed E-state index contributed by atoms with van der Waals surface area (Å²) < 4.78 is 6.23. The van der Waals surface area contributed by atoms with Crippen molar-refractivity contribution in [2.75, 3.05) is 24.3 Å². The number of nitrogens with two attached hydrogens (primary N) is 1. The predicted molar refractivity (Wildman–Crippen MR) is 116 cm³/mol. The fourth-order valence-corrected chi connectivity index (χ4v) is 4.68. The first kappa shape index (κ1) is 20.3. The Morgan fingerprint density at radius 3 is 2.75 bits per heavy atom. The van der Waals surface area contributed by atoms with E-state index in [1.54, 1.807) is 35.9 Å². The standard InChI is InChI=1S/C20H21N3O3S2/c1-26-17-9-5-4-8-16(17)23(11-10-18(21)24)19(25)13-28-20-22-15-7-3-2-6-14(15)12-27-20/h2-9H,10-13H2,1H3,(H2,21,24). The molecule has 2 aromatic carbocycles. The summed E-state index contributed by atoms with van der Waals surface area (Å²) in [7, 11) is 1.55. The van der Waals surface area contributed by atoms with E-state index in [0.29, 0.717) is 11.4 Å². The van der Waals surface area contributed by atoms with Crippen LogP contribution in [0.3, 0.4) is 0 Å². The maximum atomic E-state index is 12.9. The zero-order chi connectivity index (χ0) is 19.9. The highest BCUT2D eigenvalue weighted by atomic mass is 32.2. The minimum atomic E-state index is -0.454. The molecule has 0 bridgehead atoms. The molecule has 1 aliphatic heterocycles. The number of methoxy groups -OCH3 is 1. The second-order valence-corrected chi connectivity index (χ2v) is 8.20. The molecule has 0 unspecified atom stereocenters. The van der Waals surface area contributed by atoms with Crippen molar-refractivity contribution in [3.05, 3.63) is 54.1 Å². The third-order valence-corrected chi connectivity index (χ3v) is 6.36. The summed E-state index contributed by atoms with van der Waals surface area (Å²) in [5, 5.41) is 0. The van der Waals surface area contributed by atoms with E-state index >= 15 is 0 Å². The molecule has 2 N–H and O–H groups in total. The molecule has 2 aromatic rings. The molecule has 1 aliphatic rings. The van der Waals surface area contributed by atoms with Gasteiger partial charge in [0.15, 0.2) is 0 Å². The van der Waals surface area contributed by atoms with Gasteiger partial charge in [-0.15, -0.1) is 0 Å². The molecule has 3 rings (SSSR count). The Balaban J connectivity index is 1.73. The van der Waals surface area contributed by atoms with Crippen molar-refractivity contribution in [1.29, 1.82) is 0 Å². The number of hydrogen-bond acceptors (Lipinski definition) is 6. The number of carbonyl (C=O) groups is 2. The molecule has 0 aromatic heterocycles. The predicted octanol–water partition coefficient (Wildman–Crippen LogP) is 3.57. The van der Waals surface area contributed by atoms with E-state index in [1.165, 1.54) is 17.3 Å². The molecular formula is C20H21N3O3S2. The van der Waals surface area contributed by atoms with Gasteiger partial charge in [-0.25, -0.2) is 4.99 Å². The Morgan fingerprint density at radius 1 is 1.21 bits per heavy atom. The van der Waals surface area contributed by atoms with Crippen LogP contribution >= 0.6 is 23.5 Å². The average molecular weight is 416 g/mol. The Kier molecular flexibility index (Phi) is 7.00. The lowest BCUT2D eigenvalue weighted by molar-refractivity contribution is -0.118. The number of primary amides is 1. The summed E-state index contributed by atoms with van der Waals surface area (Å²) in [6.07, 6.45) is 0.0809. The van der Waals surface area contributed by atoms with E-state index in [4.69, 9.17) is 10.5 Å². The highest BCUT2D eigenvalue weighted by Gasteiger charge is 2.21. The lowest BCUT2D eigenvalue weighted by Crippen LogP contribution is -2.35. The van der Waals surface area contributed by atoms with Crippen LogP contribution in [0.5, 0.6) is 5.75 Å². The number of thioether (sulfide) groups is 2. The van der Waals surface area contributed by atoms with Crippen LogP contribution in [0.15, 0.2) is 53.5 Å². The summed E-state index contributed by atoms with van der Waals surface area (Å²) in [5.74, 6) is 1.05. The van der Waals surface area contributed by atoms with E-state index in [-0.39, 0.29) is 24.6 Å². The van der Waals surface area contributed by atoms with Crippen LogP contribution < -0.4 is 15.4 Å². The number of hydrogen-bond donors (Lipinski definition) is 1. The lowest BCUT2D eigenvalue weighted by Gasteiger charge is -2.24. The van der Waals surface area contributed by atoms with Crippen molar-refractivity contribution < 1.29 is 14.3 Å². The van der Waals surface area contributed by atoms with Gasteiger partial charge >= 0.3 is 0 Å². The molecule has 2 amide bonds. The first-order chi connectivity index (χ1) is 13.6. The number of amides is 2. The van der Waals surface area contributed by atoms with Crippen LogP contribution in [-0.2, 0) is 15.3 Å². The number of benzene rings is 2. The van der Waals surface area contributed by atoms with Crippen LogP contribution in [0.25, 0.3) is 0 Å². The molecule has 0 fully saturated rings. The Morgan fingerprint density at radius 2 is 1.96 bits per heavy atom. The smallest absolute Gasteiger partial charge is 0.237 e. The van der Waals surface area contributed by atoms with E-state index < -0.39 is 5.91 Å². The van der Waals surface area contributed by atoms with Crippen molar-refractivity contribution >= 4 is 51.1 Å². The monoisotopic (exact) mass is 415 g/mol. The normalized spacial score (nSPS) is 12.7. The van der Waals surface area contributed by atoms with Crippen molar-refractivity contribution in [3.63, 3.8) is 0 Å². The summed E-state index contributed by atoms with van der Waals surface area (Å²) in [4.78, 5) is 30.4. The van der Waals surface area contributed by atoms with Gasteiger partial charge in [-0.05, 0) is 23.8 Å². The minimum absolute atomic E-state index is 0.0809. The molecule has 28 heavy (non-hydrogen) atoms. The van der Waals surface area contributed by atoms with E-state index in [9.17, 15) is 9.59 Å². The number of ether oxygens (including phenoxy) is 1. The number of nitrogens with zero attached hydrogens (tertiary/aromatic N) is 2. The summed E-state index contributed by atoms with van der Waals surface area (Å²) in [5.41, 5.74) is 8.06. The summed E-state index contributed by atoms with van der Waals surface area (Å²) in [6, 6.07) is 15.2. The maximum absolute atomic E-state index is 12.9. The van der Waals surface area contributed by atoms with Gasteiger partial charge in [-0.2, -0.15) is 0 Å². The zero-order valence-corrected chi connectivity index (χ0v) is 17.1. The molecule has 0 radical (unpaired) electrons. The number of para-hydroxylation sites is 3. The fraction of sp³-hybridized carbons (Fsp3) is 0.250. The number of fused-ring (bicyclic) bond motifs is 1. The molecular weight excluding hydrogens is 394 g/mol. The summed E-state index contributed by atoms with van der Waals surface area (Å²) >= 11 is 3.03. The van der Waals surface area contributed by atoms with Gasteiger partial charge in [0, 0.05) is 18.7 Å². The Bertz CT molecular complexity index is 902. The molecule has 0 atom stereocenters. The molecule has 0 saturated heterocycles. The first-order valence-electron chi connectivity index (χ1n) is 8.72. The maximum Gasteiger partial charge on any atom is 0.237 e. The van der Waals surface area contributed by atoms with Gasteiger partial charge in [0.2, 0.25) is 11.8 Å². The molecule has 6 nitrogen and oxygen atoms in total. The Hall–Kier alpha value is -2.45. The SMILES string of the molecule is COc1ccccc1N(CCC(N)=O)C(=O)CSC1=Nc2ccccc2CS1. The third-order valence-electron chi connectivity index (χ3n) is 4.13. The average Bonchev–Trinajstić information content (AvgIpc) is 2.72. The van der Waals surface area contributed by atoms with Gasteiger partial charge in [-0.1, -0.05) is 53.9 Å². The van der Waals surface area contributed by atoms with Gasteiger partial charge in [-0.3, -0.25) is 9.59 Å². The van der Waals surface area contributed by atoms with Crippen molar-refractivity contribution in [2.24, 2.45) is 10.7 Å². The van der Waals surface area contributed by atoms with Crippen LogP contribution in [0.1, 0.15) is 12.0 Å². The molecule has 0 aliphatic carbocycles. The van der Waals surface area contributed by atoms with E-state index in [1.807, 2.05) is 30.3 Å². The highest BCUT2D eigenvalue weighted by Crippen LogP contribution is 2.35. The molecule has 8 heteroatoms. The van der Waals surface area contributed by atoms with Gasteiger partial charge in [0.05, 0.1) is 24.2 Å². The number of carbonyl (C=O) groups excluding carboxylic acids is 2. The van der Waals surface area contributed by atoms with Gasteiger partial charge in [0.25, 0.3) is 0 Å². The Labute approximate surface area is 172 Å². The fourth-order valence-electron chi connectivity index (χ4n) is 2.74. The topological polar surface area (TPSA) is 85.0 Å². The first-order valence-corrected chi connectivity index (χ1v) is 10.7. The molecule has 0 spiro atoms.